The van der Waals surface area contributed by atoms with E-state index in [1.54, 1.807) is 24.3 Å². The maximum absolute atomic E-state index is 8.58. The standard InChI is InChI=1S/C6H5O.Y/c7-6-4-2-1-3-5-6;/h1-4,7H;/q-1;+3. The van der Waals surface area contributed by atoms with Crippen LogP contribution in [-0.4, -0.2) is 5.11 Å². The third-order valence-corrected chi connectivity index (χ3v) is 0.693. The Morgan fingerprint density at radius 2 is 2.12 bits per heavy atom. The third kappa shape index (κ3) is 2.44. The minimum atomic E-state index is 0. The normalized spacial score (nSPS) is 7.50. The molecule has 1 N–H and O–H groups in total. The molecule has 1 nitrogen and oxygen atoms in total. The number of phenols is 1. The van der Waals surface area contributed by atoms with E-state index in [1.807, 2.05) is 0 Å². The summed E-state index contributed by atoms with van der Waals surface area (Å²) in [6.07, 6.45) is 0. The molecular weight excluding hydrogens is 177 g/mol. The molecule has 0 saturated heterocycles. The van der Waals surface area contributed by atoms with Gasteiger partial charge in [0.1, 0.15) is 0 Å². The van der Waals surface area contributed by atoms with Gasteiger partial charge in [0.05, 0.1) is 0 Å². The predicted molar refractivity (Wildman–Crippen MR) is 26.9 cm³/mol. The number of para-hydroxylation sites is 1. The van der Waals surface area contributed by atoms with Gasteiger partial charge in [0.2, 0.25) is 0 Å². The van der Waals surface area contributed by atoms with Crippen molar-refractivity contribution in [3.8, 4) is 5.75 Å². The molecule has 0 unspecified atom stereocenters. The molecule has 1 rings (SSSR count). The minimum absolute atomic E-state index is 0. The average molecular weight is 182 g/mol. The molecule has 0 saturated carbocycles. The van der Waals surface area contributed by atoms with E-state index < -0.39 is 0 Å². The van der Waals surface area contributed by atoms with Crippen LogP contribution in [-0.2, 0) is 32.7 Å². The molecule has 0 aliphatic heterocycles. The Hall–Kier alpha value is 0.124. The second-order valence-electron chi connectivity index (χ2n) is 1.25. The molecule has 0 spiro atoms. The Balaban J connectivity index is 0.000000490. The summed E-state index contributed by atoms with van der Waals surface area (Å²) in [5, 5.41) is 8.58. The van der Waals surface area contributed by atoms with Gasteiger partial charge in [-0.05, 0) is 0 Å². The van der Waals surface area contributed by atoms with Gasteiger partial charge in [-0.2, -0.15) is 18.2 Å². The molecule has 1 aromatic rings. The van der Waals surface area contributed by atoms with Gasteiger partial charge in [0, 0.05) is 5.75 Å². The zero-order valence-electron chi connectivity index (χ0n) is 4.33. The van der Waals surface area contributed by atoms with Crippen molar-refractivity contribution in [1.29, 1.82) is 0 Å². The van der Waals surface area contributed by atoms with Crippen molar-refractivity contribution in [3.05, 3.63) is 30.3 Å². The Morgan fingerprint density at radius 1 is 1.38 bits per heavy atom. The van der Waals surface area contributed by atoms with Crippen molar-refractivity contribution < 1.29 is 37.8 Å². The van der Waals surface area contributed by atoms with Gasteiger partial charge in [-0.3, -0.25) is 0 Å². The van der Waals surface area contributed by atoms with Crippen molar-refractivity contribution >= 4 is 0 Å². The smallest absolute Gasteiger partial charge is 0.534 e. The molecular formula is C6H5OY+2. The van der Waals surface area contributed by atoms with Gasteiger partial charge < -0.3 is 5.11 Å². The number of benzene rings is 1. The van der Waals surface area contributed by atoms with Crippen LogP contribution < -0.4 is 0 Å². The van der Waals surface area contributed by atoms with Crippen LogP contribution in [0, 0.1) is 6.07 Å². The van der Waals surface area contributed by atoms with Gasteiger partial charge in [-0.25, -0.2) is 0 Å². The van der Waals surface area contributed by atoms with Gasteiger partial charge in [-0.15, -0.1) is 12.1 Å². The summed E-state index contributed by atoms with van der Waals surface area (Å²) in [6, 6.07) is 9.39. The number of rotatable bonds is 0. The molecule has 0 fully saturated rings. The maximum atomic E-state index is 8.58. The maximum Gasteiger partial charge on any atom is 3.00 e. The summed E-state index contributed by atoms with van der Waals surface area (Å²) in [5.41, 5.74) is 0. The van der Waals surface area contributed by atoms with E-state index in [2.05, 4.69) is 6.07 Å². The summed E-state index contributed by atoms with van der Waals surface area (Å²) < 4.78 is 0. The molecule has 0 aliphatic carbocycles. The van der Waals surface area contributed by atoms with Crippen LogP contribution in [0.25, 0.3) is 0 Å². The quantitative estimate of drug-likeness (QED) is 0.597. The molecule has 8 heavy (non-hydrogen) atoms. The average Bonchev–Trinajstić information content (AvgIpc) is 1.69. The van der Waals surface area contributed by atoms with E-state index in [-0.39, 0.29) is 38.5 Å². The monoisotopic (exact) mass is 182 g/mol. The van der Waals surface area contributed by atoms with Crippen LogP contribution in [0.3, 0.4) is 0 Å². The van der Waals surface area contributed by atoms with Crippen LogP contribution in [0.1, 0.15) is 0 Å². The second-order valence-corrected chi connectivity index (χ2v) is 1.25. The van der Waals surface area contributed by atoms with Crippen LogP contribution in [0.4, 0.5) is 0 Å². The fourth-order valence-corrected chi connectivity index (χ4v) is 0.384. The zero-order valence-corrected chi connectivity index (χ0v) is 7.17. The Kier molecular flexibility index (Phi) is 4.11. The van der Waals surface area contributed by atoms with Crippen LogP contribution in [0.2, 0.25) is 0 Å². The van der Waals surface area contributed by atoms with Crippen LogP contribution in [0.5, 0.6) is 5.75 Å². The van der Waals surface area contributed by atoms with Crippen molar-refractivity contribution in [1.82, 2.24) is 0 Å². The molecule has 0 radical (unpaired) electrons. The Bertz CT molecular complexity index is 138. The summed E-state index contributed by atoms with van der Waals surface area (Å²) >= 11 is 0. The first-order chi connectivity index (χ1) is 3.39. The van der Waals surface area contributed by atoms with Crippen molar-refractivity contribution in [3.63, 3.8) is 0 Å². The van der Waals surface area contributed by atoms with Gasteiger partial charge >= 0.3 is 32.7 Å². The van der Waals surface area contributed by atoms with Gasteiger partial charge in [0.15, 0.2) is 0 Å². The zero-order chi connectivity index (χ0) is 5.11. The molecule has 0 bridgehead atoms. The van der Waals surface area contributed by atoms with E-state index in [4.69, 9.17) is 5.11 Å². The topological polar surface area (TPSA) is 20.2 Å². The third-order valence-electron chi connectivity index (χ3n) is 0.693. The van der Waals surface area contributed by atoms with E-state index >= 15 is 0 Å². The first-order valence-electron chi connectivity index (χ1n) is 2.05. The van der Waals surface area contributed by atoms with Gasteiger partial charge in [-0.1, -0.05) is 0 Å². The molecule has 36 valence electrons. The fraction of sp³-hybridized carbons (Fsp3) is 0. The van der Waals surface area contributed by atoms with E-state index in [1.165, 1.54) is 0 Å². The molecule has 0 amide bonds. The van der Waals surface area contributed by atoms with Crippen molar-refractivity contribution in [2.75, 3.05) is 0 Å². The molecule has 0 atom stereocenters. The molecule has 0 aromatic heterocycles. The van der Waals surface area contributed by atoms with Gasteiger partial charge in [0.25, 0.3) is 0 Å². The predicted octanol–water partition coefficient (Wildman–Crippen LogP) is 1.19. The number of phenolic OH excluding ortho intramolecular Hbond substituents is 1. The molecule has 0 aliphatic rings. The van der Waals surface area contributed by atoms with E-state index in [0.29, 0.717) is 0 Å². The fourth-order valence-electron chi connectivity index (χ4n) is 0.384. The van der Waals surface area contributed by atoms with Crippen LogP contribution in [0.15, 0.2) is 24.3 Å². The van der Waals surface area contributed by atoms with Crippen molar-refractivity contribution in [2.24, 2.45) is 0 Å². The number of hydrogen-bond donors (Lipinski definition) is 1. The largest absolute Gasteiger partial charge is 3.00 e. The minimum Gasteiger partial charge on any atom is -0.534 e. The Morgan fingerprint density at radius 3 is 2.38 bits per heavy atom. The molecule has 1 aromatic carbocycles. The van der Waals surface area contributed by atoms with Crippen molar-refractivity contribution in [2.45, 2.75) is 0 Å². The first kappa shape index (κ1) is 8.12. The second kappa shape index (κ2) is 4.05. The summed E-state index contributed by atoms with van der Waals surface area (Å²) in [4.78, 5) is 0. The summed E-state index contributed by atoms with van der Waals surface area (Å²) in [7, 11) is 0. The molecule has 0 heterocycles. The summed E-state index contributed by atoms with van der Waals surface area (Å²) in [6.45, 7) is 0. The van der Waals surface area contributed by atoms with Crippen LogP contribution >= 0.6 is 0 Å². The molecule has 2 heteroatoms. The first-order valence-corrected chi connectivity index (χ1v) is 2.05. The number of hydrogen-bond acceptors (Lipinski definition) is 1. The number of aromatic hydroxyl groups is 1. The summed E-state index contributed by atoms with van der Waals surface area (Å²) in [5.74, 6) is 0.197. The Labute approximate surface area is 73.6 Å². The SMILES string of the molecule is Oc1[c-]cccc1.[Y+3]. The van der Waals surface area contributed by atoms with E-state index in [9.17, 15) is 0 Å². The van der Waals surface area contributed by atoms with E-state index in [0.717, 1.165) is 0 Å².